The van der Waals surface area contributed by atoms with E-state index in [1.807, 2.05) is 0 Å². The van der Waals surface area contributed by atoms with Crippen molar-refractivity contribution >= 4 is 5.97 Å². The Labute approximate surface area is 99.4 Å². The van der Waals surface area contributed by atoms with Gasteiger partial charge in [-0.3, -0.25) is 4.79 Å². The minimum atomic E-state index is -0.709. The number of hydrogen-bond acceptors (Lipinski definition) is 1. The van der Waals surface area contributed by atoms with Crippen LogP contribution in [0.25, 0.3) is 0 Å². The van der Waals surface area contributed by atoms with Crippen LogP contribution in [-0.2, 0) is 10.4 Å². The molecule has 1 aromatic rings. The number of aliphatic carboxylic acids is 1. The summed E-state index contributed by atoms with van der Waals surface area (Å²) < 4.78 is 4.94. The van der Waals surface area contributed by atoms with Crippen molar-refractivity contribution in [2.24, 2.45) is 11.8 Å². The number of ether oxygens (including phenoxy) is 1. The number of rotatable bonds is 3. The minimum absolute atomic E-state index is 0.148. The van der Waals surface area contributed by atoms with E-state index in [0.29, 0.717) is 24.4 Å². The zero-order valence-corrected chi connectivity index (χ0v) is 9.47. The van der Waals surface area contributed by atoms with Gasteiger partial charge in [0.2, 0.25) is 0 Å². The molecule has 4 atom stereocenters. The van der Waals surface area contributed by atoms with E-state index in [2.05, 4.69) is 24.3 Å². The second-order valence-electron chi connectivity index (χ2n) is 5.49. The SMILES string of the molecule is O=C(O)CCC12[OH+][C@H](c3ccccc31)C1CC12. The topological polar surface area (TPSA) is 50.1 Å². The van der Waals surface area contributed by atoms with Crippen molar-refractivity contribution in [1.82, 2.24) is 0 Å². The molecule has 0 amide bonds. The van der Waals surface area contributed by atoms with Crippen molar-refractivity contribution in [2.75, 3.05) is 0 Å². The Morgan fingerprint density at radius 2 is 2.29 bits per heavy atom. The second-order valence-corrected chi connectivity index (χ2v) is 5.49. The van der Waals surface area contributed by atoms with Gasteiger partial charge in [0.15, 0.2) is 11.7 Å². The van der Waals surface area contributed by atoms with Gasteiger partial charge in [0.05, 0.1) is 6.42 Å². The van der Waals surface area contributed by atoms with E-state index in [1.54, 1.807) is 0 Å². The molecule has 3 aliphatic rings. The normalized spacial score (nSPS) is 39.9. The molecule has 0 aromatic heterocycles. The maximum atomic E-state index is 10.8. The van der Waals surface area contributed by atoms with Crippen molar-refractivity contribution in [2.45, 2.75) is 31.0 Å². The van der Waals surface area contributed by atoms with Crippen LogP contribution in [0.2, 0.25) is 0 Å². The molecule has 1 aromatic carbocycles. The van der Waals surface area contributed by atoms with Gasteiger partial charge in [-0.15, -0.1) is 0 Å². The van der Waals surface area contributed by atoms with E-state index in [4.69, 9.17) is 9.84 Å². The number of carboxylic acid groups (broad SMARTS) is 1. The molecule has 2 heterocycles. The molecule has 0 radical (unpaired) electrons. The van der Waals surface area contributed by atoms with Gasteiger partial charge in [0.25, 0.3) is 0 Å². The summed E-state index contributed by atoms with van der Waals surface area (Å²) in [4.78, 5) is 10.8. The average Bonchev–Trinajstić information content (AvgIpc) is 3.00. The third-order valence-corrected chi connectivity index (χ3v) is 4.69. The summed E-state index contributed by atoms with van der Waals surface area (Å²) >= 11 is 0. The Balaban J connectivity index is 1.77. The Kier molecular flexibility index (Phi) is 1.65. The van der Waals surface area contributed by atoms with Gasteiger partial charge >= 0.3 is 5.97 Å². The Morgan fingerprint density at radius 1 is 1.47 bits per heavy atom. The molecular weight excluding hydrogens is 216 g/mol. The maximum absolute atomic E-state index is 10.8. The van der Waals surface area contributed by atoms with Crippen LogP contribution in [0.15, 0.2) is 24.3 Å². The number of hydrogen-bond donors (Lipinski definition) is 1. The highest BCUT2D eigenvalue weighted by Gasteiger charge is 2.74. The molecule has 1 aliphatic carbocycles. The van der Waals surface area contributed by atoms with Crippen molar-refractivity contribution in [3.8, 4) is 0 Å². The molecule has 1 saturated heterocycles. The third-order valence-electron chi connectivity index (χ3n) is 4.69. The van der Waals surface area contributed by atoms with E-state index in [1.165, 1.54) is 17.5 Å². The molecule has 2 fully saturated rings. The van der Waals surface area contributed by atoms with Crippen molar-refractivity contribution in [3.05, 3.63) is 35.4 Å². The number of fused-ring (bicyclic) bond motifs is 8. The molecule has 3 heteroatoms. The first kappa shape index (κ1) is 9.66. The summed E-state index contributed by atoms with van der Waals surface area (Å²) in [5.74, 6) is 0.625. The monoisotopic (exact) mass is 231 g/mol. The molecule has 17 heavy (non-hydrogen) atoms. The first-order valence-corrected chi connectivity index (χ1v) is 6.25. The molecule has 2 aliphatic heterocycles. The highest BCUT2D eigenvalue weighted by molar-refractivity contribution is 5.67. The number of benzene rings is 1. The van der Waals surface area contributed by atoms with E-state index in [0.717, 1.165) is 0 Å². The van der Waals surface area contributed by atoms with Crippen LogP contribution in [0.4, 0.5) is 0 Å². The van der Waals surface area contributed by atoms with Gasteiger partial charge in [-0.1, -0.05) is 24.3 Å². The fraction of sp³-hybridized carbons (Fsp3) is 0.500. The lowest BCUT2D eigenvalue weighted by Crippen LogP contribution is -2.29. The fourth-order valence-electron chi connectivity index (χ4n) is 3.95. The smallest absolute Gasteiger partial charge is 0.303 e. The van der Waals surface area contributed by atoms with Crippen LogP contribution in [-0.4, -0.2) is 15.8 Å². The van der Waals surface area contributed by atoms with Crippen LogP contribution in [0, 0.1) is 11.8 Å². The minimum Gasteiger partial charge on any atom is -0.481 e. The number of aliphatic hydroxyl groups is 2. The Bertz CT molecular complexity index is 510. The first-order valence-electron chi connectivity index (χ1n) is 6.25. The third kappa shape index (κ3) is 1.08. The lowest BCUT2D eigenvalue weighted by Gasteiger charge is -2.22. The lowest BCUT2D eigenvalue weighted by atomic mass is 9.79. The summed E-state index contributed by atoms with van der Waals surface area (Å²) in [6.45, 7) is 0. The van der Waals surface area contributed by atoms with E-state index >= 15 is 0 Å². The van der Waals surface area contributed by atoms with Gasteiger partial charge in [-0.25, -0.2) is 0 Å². The molecule has 2 bridgehead atoms. The van der Waals surface area contributed by atoms with Crippen LogP contribution in [0.1, 0.15) is 36.5 Å². The van der Waals surface area contributed by atoms with E-state index in [-0.39, 0.29) is 12.0 Å². The molecule has 2 N–H and O–H groups in total. The van der Waals surface area contributed by atoms with Gasteiger partial charge in [-0.05, 0) is 6.42 Å². The predicted octanol–water partition coefficient (Wildman–Crippen LogP) is 1.98. The maximum Gasteiger partial charge on any atom is 0.303 e. The fourth-order valence-corrected chi connectivity index (χ4v) is 3.95. The van der Waals surface area contributed by atoms with Crippen LogP contribution in [0.3, 0.4) is 0 Å². The molecule has 3 nitrogen and oxygen atoms in total. The lowest BCUT2D eigenvalue weighted by molar-refractivity contribution is -0.202. The van der Waals surface area contributed by atoms with Gasteiger partial charge in [0.1, 0.15) is 0 Å². The summed E-state index contributed by atoms with van der Waals surface area (Å²) in [6.07, 6.45) is 2.51. The van der Waals surface area contributed by atoms with E-state index < -0.39 is 5.97 Å². The number of carbonyl (C=O) groups is 1. The van der Waals surface area contributed by atoms with Crippen molar-refractivity contribution in [3.63, 3.8) is 0 Å². The summed E-state index contributed by atoms with van der Waals surface area (Å²) in [7, 11) is 0. The van der Waals surface area contributed by atoms with Gasteiger partial charge < -0.3 is 9.84 Å². The summed E-state index contributed by atoms with van der Waals surface area (Å²) in [5.41, 5.74) is 2.52. The molecule has 3 unspecified atom stereocenters. The molecule has 4 rings (SSSR count). The predicted molar refractivity (Wildman–Crippen MR) is 61.5 cm³/mol. The molecule has 0 spiro atoms. The van der Waals surface area contributed by atoms with Crippen LogP contribution < -0.4 is 0 Å². The van der Waals surface area contributed by atoms with Gasteiger partial charge in [0, 0.05) is 29.4 Å². The molecular formula is C14H15O3+. The van der Waals surface area contributed by atoms with Crippen molar-refractivity contribution in [1.29, 1.82) is 0 Å². The van der Waals surface area contributed by atoms with Gasteiger partial charge in [-0.2, -0.15) is 0 Å². The standard InChI is InChI=1S/C14H14O3/c15-12(16)5-6-14-10-4-2-1-3-8(10)13(17-14)9-7-11(9)14/h1-4,9,11,13H,5-7H2,(H,15,16)/p+1/t9?,11?,13-,14?/m1/s1. The highest BCUT2D eigenvalue weighted by atomic mass is 16.5. The quantitative estimate of drug-likeness (QED) is 0.809. The van der Waals surface area contributed by atoms with E-state index in [9.17, 15) is 4.79 Å². The summed E-state index contributed by atoms with van der Waals surface area (Å²) in [5, 5.41) is 8.90. The van der Waals surface area contributed by atoms with Crippen LogP contribution >= 0.6 is 0 Å². The zero-order valence-electron chi connectivity index (χ0n) is 9.47. The zero-order chi connectivity index (χ0) is 11.6. The Hall–Kier alpha value is -1.35. The average molecular weight is 231 g/mol. The molecule has 88 valence electrons. The van der Waals surface area contributed by atoms with Crippen LogP contribution in [0.5, 0.6) is 0 Å². The second kappa shape index (κ2) is 2.91. The number of carboxylic acids is 1. The van der Waals surface area contributed by atoms with Crippen molar-refractivity contribution < 1.29 is 14.6 Å². The highest BCUT2D eigenvalue weighted by Crippen LogP contribution is 2.71. The largest absolute Gasteiger partial charge is 0.481 e. The Morgan fingerprint density at radius 3 is 3.12 bits per heavy atom. The summed E-state index contributed by atoms with van der Waals surface area (Å²) in [6, 6.07) is 8.43. The first-order chi connectivity index (χ1) is 8.22. The molecule has 1 saturated carbocycles.